The fourth-order valence-electron chi connectivity index (χ4n) is 2.80. The quantitative estimate of drug-likeness (QED) is 0.302. The lowest BCUT2D eigenvalue weighted by molar-refractivity contribution is -0.149. The van der Waals surface area contributed by atoms with Crippen LogP contribution in [0.15, 0.2) is 0 Å². The Bertz CT molecular complexity index is 520. The van der Waals surface area contributed by atoms with E-state index in [1.165, 1.54) is 14.7 Å². The summed E-state index contributed by atoms with van der Waals surface area (Å²) in [6.07, 6.45) is 0. The Labute approximate surface area is 150 Å². The molecule has 1 rings (SSSR count). The van der Waals surface area contributed by atoms with Crippen LogP contribution in [0.4, 0.5) is 0 Å². The molecule has 2 unspecified atom stereocenters. The molecule has 0 aliphatic carbocycles. The average Bonchev–Trinajstić information content (AvgIpc) is 2.49. The third-order valence-electron chi connectivity index (χ3n) is 3.65. The van der Waals surface area contributed by atoms with Gasteiger partial charge in [-0.05, 0) is 6.92 Å². The Balaban J connectivity index is 2.99. The van der Waals surface area contributed by atoms with Crippen LogP contribution in [-0.4, -0.2) is 98.5 Å². The molecular weight excluding hydrogens is 396 g/mol. The van der Waals surface area contributed by atoms with Gasteiger partial charge in [-0.1, -0.05) is 0 Å². The SMILES string of the molecule is CC1(N(CC(=O)O)CC(=O)O)CN(CO[P+](=O)O)CN(CO[P+](=O)O)C1. The number of hydrogen-bond donors (Lipinski definition) is 4. The van der Waals surface area contributed by atoms with Gasteiger partial charge < -0.3 is 10.2 Å². The summed E-state index contributed by atoms with van der Waals surface area (Å²) in [7, 11) is -5.72. The van der Waals surface area contributed by atoms with Gasteiger partial charge in [-0.3, -0.25) is 24.3 Å². The maximum Gasteiger partial charge on any atom is 0.696 e. The molecule has 0 spiro atoms. The summed E-state index contributed by atoms with van der Waals surface area (Å²) in [5.74, 6) is -2.44. The van der Waals surface area contributed by atoms with Crippen LogP contribution in [-0.2, 0) is 27.8 Å². The van der Waals surface area contributed by atoms with Crippen molar-refractivity contribution in [3.63, 3.8) is 0 Å². The van der Waals surface area contributed by atoms with E-state index in [4.69, 9.17) is 20.0 Å². The maximum atomic E-state index is 11.1. The minimum atomic E-state index is -2.86. The first-order chi connectivity index (χ1) is 12.0. The normalized spacial score (nSPS) is 23.1. The molecule has 1 aliphatic heterocycles. The highest BCUT2D eigenvalue weighted by Crippen LogP contribution is 2.26. The summed E-state index contributed by atoms with van der Waals surface area (Å²) < 4.78 is 30.8. The zero-order valence-corrected chi connectivity index (χ0v) is 15.7. The summed E-state index contributed by atoms with van der Waals surface area (Å²) in [6, 6.07) is 0. The lowest BCUT2D eigenvalue weighted by Gasteiger charge is -2.49. The summed E-state index contributed by atoms with van der Waals surface area (Å²) in [5.41, 5.74) is -1.01. The standard InChI is InChI=1S/C11H19N3O10P2/c1-11(14(2-9(15)16)3-10(17)18)4-12(7-23-25(19)20)6-13(5-11)8-24-26(21)22/h2-8H2,1H3,(H2-2,15,16,17,18,19,20,21,22)/p+2. The van der Waals surface area contributed by atoms with Crippen LogP contribution >= 0.6 is 16.5 Å². The number of hydrogen-bond acceptors (Lipinski definition) is 9. The topological polar surface area (TPSA) is 177 Å². The minimum absolute atomic E-state index is 0.135. The first-order valence-electron chi connectivity index (χ1n) is 7.23. The zero-order chi connectivity index (χ0) is 19.9. The van der Waals surface area contributed by atoms with E-state index in [1.807, 2.05) is 0 Å². The van der Waals surface area contributed by atoms with E-state index in [9.17, 15) is 18.7 Å². The molecule has 4 N–H and O–H groups in total. The highest BCUT2D eigenvalue weighted by atomic mass is 31.1. The highest BCUT2D eigenvalue weighted by Gasteiger charge is 2.42. The molecule has 0 aromatic heterocycles. The van der Waals surface area contributed by atoms with Crippen LogP contribution in [0.5, 0.6) is 0 Å². The fraction of sp³-hybridized carbons (Fsp3) is 0.818. The van der Waals surface area contributed by atoms with Gasteiger partial charge in [0.05, 0.1) is 19.8 Å². The van der Waals surface area contributed by atoms with Crippen LogP contribution in [0.1, 0.15) is 6.92 Å². The van der Waals surface area contributed by atoms with Gasteiger partial charge in [0.15, 0.2) is 13.5 Å². The number of carboxylic acids is 2. The van der Waals surface area contributed by atoms with Crippen molar-refractivity contribution in [2.45, 2.75) is 12.5 Å². The van der Waals surface area contributed by atoms with Crippen LogP contribution in [0.3, 0.4) is 0 Å². The number of aliphatic carboxylic acids is 2. The van der Waals surface area contributed by atoms with Crippen molar-refractivity contribution in [2.24, 2.45) is 0 Å². The molecule has 1 saturated heterocycles. The van der Waals surface area contributed by atoms with Crippen LogP contribution in [0.25, 0.3) is 0 Å². The van der Waals surface area contributed by atoms with Gasteiger partial charge in [-0.25, -0.2) is 0 Å². The molecule has 15 heteroatoms. The van der Waals surface area contributed by atoms with Crippen LogP contribution in [0, 0.1) is 0 Å². The second kappa shape index (κ2) is 10.3. The summed E-state index contributed by atoms with van der Waals surface area (Å²) in [6.45, 7) is 0.375. The molecule has 0 saturated carbocycles. The first kappa shape index (κ1) is 22.9. The lowest BCUT2D eigenvalue weighted by Crippen LogP contribution is -2.66. The van der Waals surface area contributed by atoms with Gasteiger partial charge in [0.1, 0.15) is 0 Å². The third-order valence-corrected chi connectivity index (χ3v) is 4.32. The van der Waals surface area contributed by atoms with E-state index < -0.39 is 47.1 Å². The second-order valence-corrected chi connectivity index (χ2v) is 7.40. The van der Waals surface area contributed by atoms with E-state index in [1.54, 1.807) is 6.92 Å². The number of carboxylic acid groups (broad SMARTS) is 2. The molecular formula is C11H21N3O10P2+2. The van der Waals surface area contributed by atoms with E-state index in [2.05, 4.69) is 9.05 Å². The Morgan fingerprint density at radius 1 is 1.00 bits per heavy atom. The van der Waals surface area contributed by atoms with Crippen molar-refractivity contribution >= 4 is 28.4 Å². The van der Waals surface area contributed by atoms with Gasteiger partial charge in [0.25, 0.3) is 0 Å². The molecule has 2 atom stereocenters. The Hall–Kier alpha value is -1.14. The van der Waals surface area contributed by atoms with E-state index in [-0.39, 0.29) is 33.2 Å². The average molecular weight is 417 g/mol. The van der Waals surface area contributed by atoms with Crippen molar-refractivity contribution in [3.8, 4) is 0 Å². The predicted octanol–water partition coefficient (Wildman–Crippen LogP) is -0.961. The molecule has 1 aliphatic rings. The Kier molecular flexibility index (Phi) is 9.04. The molecule has 148 valence electrons. The zero-order valence-electron chi connectivity index (χ0n) is 13.9. The molecule has 0 amide bonds. The molecule has 13 nitrogen and oxygen atoms in total. The number of carbonyl (C=O) groups is 2. The van der Waals surface area contributed by atoms with Crippen molar-refractivity contribution < 1.29 is 47.8 Å². The fourth-order valence-corrected chi connectivity index (χ4v) is 3.32. The van der Waals surface area contributed by atoms with E-state index in [0.717, 1.165) is 0 Å². The van der Waals surface area contributed by atoms with E-state index in [0.29, 0.717) is 0 Å². The maximum absolute atomic E-state index is 11.1. The second-order valence-electron chi connectivity index (χ2n) is 5.93. The lowest BCUT2D eigenvalue weighted by atomic mass is 9.96. The molecule has 1 heterocycles. The summed E-state index contributed by atoms with van der Waals surface area (Å²) >= 11 is 0. The minimum Gasteiger partial charge on any atom is -0.480 e. The van der Waals surface area contributed by atoms with Crippen LogP contribution < -0.4 is 0 Å². The smallest absolute Gasteiger partial charge is 0.480 e. The number of nitrogens with zero attached hydrogens (tertiary/aromatic N) is 3. The molecule has 0 aromatic carbocycles. The van der Waals surface area contributed by atoms with Crippen molar-refractivity contribution in [3.05, 3.63) is 0 Å². The molecule has 26 heavy (non-hydrogen) atoms. The van der Waals surface area contributed by atoms with Gasteiger partial charge in [0, 0.05) is 27.8 Å². The largest absolute Gasteiger partial charge is 0.696 e. The molecule has 0 bridgehead atoms. The van der Waals surface area contributed by atoms with E-state index >= 15 is 0 Å². The van der Waals surface area contributed by atoms with Crippen molar-refractivity contribution in [1.29, 1.82) is 0 Å². The van der Waals surface area contributed by atoms with Crippen LogP contribution in [0.2, 0.25) is 0 Å². The predicted molar refractivity (Wildman–Crippen MR) is 85.1 cm³/mol. The Morgan fingerprint density at radius 2 is 1.38 bits per heavy atom. The Morgan fingerprint density at radius 3 is 1.69 bits per heavy atom. The van der Waals surface area contributed by atoms with Gasteiger partial charge in [-0.15, -0.1) is 18.8 Å². The molecule has 0 radical (unpaired) electrons. The third kappa shape index (κ3) is 8.04. The highest BCUT2D eigenvalue weighted by molar-refractivity contribution is 7.32. The van der Waals surface area contributed by atoms with Crippen molar-refractivity contribution in [2.75, 3.05) is 46.3 Å². The van der Waals surface area contributed by atoms with Gasteiger partial charge in [0.2, 0.25) is 0 Å². The van der Waals surface area contributed by atoms with Gasteiger partial charge >= 0.3 is 28.4 Å². The summed E-state index contributed by atoms with van der Waals surface area (Å²) in [4.78, 5) is 44.1. The molecule has 1 fully saturated rings. The number of rotatable bonds is 11. The van der Waals surface area contributed by atoms with Gasteiger partial charge in [-0.2, -0.15) is 0 Å². The molecule has 0 aromatic rings. The monoisotopic (exact) mass is 417 g/mol. The summed E-state index contributed by atoms with van der Waals surface area (Å²) in [5, 5.41) is 18.1. The first-order valence-corrected chi connectivity index (χ1v) is 9.49. The van der Waals surface area contributed by atoms with Crippen molar-refractivity contribution in [1.82, 2.24) is 14.7 Å².